The standard InChI is InChI=1S/C30H36BrN3O5S/c1-4-6-19-32-30(36)23(3)33(21-24-13-12-14-25(31)20-24)29(35)22-34(27-17-10-11-18-28(27)39-5-2)40(37,38)26-15-8-7-9-16-26/h7-18,20,23H,4-6,19,21-22H2,1-3H3,(H,32,36)/t23-/m0/s1. The van der Waals surface area contributed by atoms with Crippen LogP contribution in [0.2, 0.25) is 0 Å². The minimum atomic E-state index is -4.17. The molecular formula is C30H36BrN3O5S. The highest BCUT2D eigenvalue weighted by Crippen LogP contribution is 2.33. The second kappa shape index (κ2) is 14.9. The van der Waals surface area contributed by atoms with E-state index in [4.69, 9.17) is 4.74 Å². The van der Waals surface area contributed by atoms with Crippen molar-refractivity contribution in [3.8, 4) is 5.75 Å². The molecule has 0 bridgehead atoms. The van der Waals surface area contributed by atoms with Gasteiger partial charge in [-0.1, -0.05) is 71.7 Å². The molecule has 0 radical (unpaired) electrons. The lowest BCUT2D eigenvalue weighted by Crippen LogP contribution is -2.51. The van der Waals surface area contributed by atoms with Crippen molar-refractivity contribution in [1.82, 2.24) is 10.2 Å². The predicted molar refractivity (Wildman–Crippen MR) is 161 cm³/mol. The third-order valence-corrected chi connectivity index (χ3v) is 8.55. The van der Waals surface area contributed by atoms with Crippen molar-refractivity contribution in [3.63, 3.8) is 0 Å². The van der Waals surface area contributed by atoms with E-state index in [0.29, 0.717) is 18.9 Å². The molecule has 0 aliphatic rings. The predicted octanol–water partition coefficient (Wildman–Crippen LogP) is 5.38. The Balaban J connectivity index is 2.04. The molecule has 0 fully saturated rings. The van der Waals surface area contributed by atoms with Gasteiger partial charge in [0.05, 0.1) is 17.2 Å². The third-order valence-electron chi connectivity index (χ3n) is 6.28. The Labute approximate surface area is 245 Å². The Kier molecular flexibility index (Phi) is 11.6. The summed E-state index contributed by atoms with van der Waals surface area (Å²) in [5.41, 5.74) is 1.03. The normalized spacial score (nSPS) is 11.9. The van der Waals surface area contributed by atoms with Gasteiger partial charge in [0.2, 0.25) is 11.8 Å². The smallest absolute Gasteiger partial charge is 0.264 e. The Morgan fingerprint density at radius 2 is 1.68 bits per heavy atom. The van der Waals surface area contributed by atoms with Crippen molar-refractivity contribution in [3.05, 3.63) is 88.9 Å². The Morgan fingerprint density at radius 3 is 2.35 bits per heavy atom. The van der Waals surface area contributed by atoms with Gasteiger partial charge < -0.3 is 15.0 Å². The van der Waals surface area contributed by atoms with Gasteiger partial charge in [-0.05, 0) is 62.2 Å². The third kappa shape index (κ3) is 8.08. The largest absolute Gasteiger partial charge is 0.492 e. The molecule has 0 aromatic heterocycles. The molecule has 40 heavy (non-hydrogen) atoms. The fourth-order valence-corrected chi connectivity index (χ4v) is 6.02. The van der Waals surface area contributed by atoms with Crippen LogP contribution in [0.3, 0.4) is 0 Å². The average Bonchev–Trinajstić information content (AvgIpc) is 2.95. The quantitative estimate of drug-likeness (QED) is 0.242. The summed E-state index contributed by atoms with van der Waals surface area (Å²) < 4.78 is 35.5. The monoisotopic (exact) mass is 629 g/mol. The van der Waals surface area contributed by atoms with Crippen molar-refractivity contribution < 1.29 is 22.7 Å². The Hall–Kier alpha value is -3.37. The molecular weight excluding hydrogens is 594 g/mol. The first-order valence-electron chi connectivity index (χ1n) is 13.3. The zero-order chi connectivity index (χ0) is 29.1. The van der Waals surface area contributed by atoms with Gasteiger partial charge in [0.1, 0.15) is 18.3 Å². The minimum Gasteiger partial charge on any atom is -0.492 e. The van der Waals surface area contributed by atoms with Crippen LogP contribution in [0.1, 0.15) is 39.2 Å². The topological polar surface area (TPSA) is 96.0 Å². The molecule has 8 nitrogen and oxygen atoms in total. The SMILES string of the molecule is CCCCNC(=O)[C@H](C)N(Cc1cccc(Br)c1)C(=O)CN(c1ccccc1OCC)S(=O)(=O)c1ccccc1. The molecule has 214 valence electrons. The van der Waals surface area contributed by atoms with Gasteiger partial charge in [-0.15, -0.1) is 0 Å². The lowest BCUT2D eigenvalue weighted by Gasteiger charge is -2.32. The zero-order valence-corrected chi connectivity index (χ0v) is 25.4. The van der Waals surface area contributed by atoms with E-state index in [2.05, 4.69) is 21.2 Å². The van der Waals surface area contributed by atoms with Crippen LogP contribution in [-0.2, 0) is 26.2 Å². The molecule has 0 saturated carbocycles. The summed E-state index contributed by atoms with van der Waals surface area (Å²) in [7, 11) is -4.17. The molecule has 3 aromatic rings. The highest BCUT2D eigenvalue weighted by atomic mass is 79.9. The van der Waals surface area contributed by atoms with E-state index in [-0.39, 0.29) is 23.0 Å². The fraction of sp³-hybridized carbons (Fsp3) is 0.333. The number of anilines is 1. The highest BCUT2D eigenvalue weighted by Gasteiger charge is 2.33. The Bertz CT molecular complexity index is 1380. The van der Waals surface area contributed by atoms with Crippen LogP contribution < -0.4 is 14.4 Å². The molecule has 1 atom stereocenters. The number of ether oxygens (including phenoxy) is 1. The number of nitrogens with zero attached hydrogens (tertiary/aromatic N) is 2. The van der Waals surface area contributed by atoms with Crippen LogP contribution >= 0.6 is 15.9 Å². The van der Waals surface area contributed by atoms with Crippen LogP contribution in [0.25, 0.3) is 0 Å². The molecule has 0 aliphatic carbocycles. The number of carbonyl (C=O) groups excluding carboxylic acids is 2. The van der Waals surface area contributed by atoms with Crippen molar-refractivity contribution in [2.24, 2.45) is 0 Å². The molecule has 1 N–H and O–H groups in total. The van der Waals surface area contributed by atoms with Crippen molar-refractivity contribution in [1.29, 1.82) is 0 Å². The Morgan fingerprint density at radius 1 is 0.975 bits per heavy atom. The summed E-state index contributed by atoms with van der Waals surface area (Å²) in [6, 6.07) is 21.3. The first-order valence-corrected chi connectivity index (χ1v) is 15.5. The second-order valence-electron chi connectivity index (χ2n) is 9.20. The van der Waals surface area contributed by atoms with Gasteiger partial charge in [0.15, 0.2) is 0 Å². The van der Waals surface area contributed by atoms with E-state index in [9.17, 15) is 18.0 Å². The van der Waals surface area contributed by atoms with E-state index in [1.54, 1.807) is 56.3 Å². The lowest BCUT2D eigenvalue weighted by molar-refractivity contribution is -0.139. The van der Waals surface area contributed by atoms with Crippen LogP contribution in [0.5, 0.6) is 5.75 Å². The van der Waals surface area contributed by atoms with Crippen LogP contribution in [-0.4, -0.2) is 50.9 Å². The maximum absolute atomic E-state index is 14.0. The number of nitrogens with one attached hydrogen (secondary N) is 1. The van der Waals surface area contributed by atoms with Crippen LogP contribution in [0.4, 0.5) is 5.69 Å². The molecule has 10 heteroatoms. The minimum absolute atomic E-state index is 0.0398. The average molecular weight is 631 g/mol. The lowest BCUT2D eigenvalue weighted by atomic mass is 10.1. The summed E-state index contributed by atoms with van der Waals surface area (Å²) in [4.78, 5) is 28.6. The van der Waals surface area contributed by atoms with E-state index < -0.39 is 28.5 Å². The van der Waals surface area contributed by atoms with Gasteiger partial charge in [0, 0.05) is 17.6 Å². The van der Waals surface area contributed by atoms with E-state index in [0.717, 1.165) is 27.2 Å². The molecule has 0 heterocycles. The van der Waals surface area contributed by atoms with Crippen LogP contribution in [0, 0.1) is 0 Å². The molecule has 0 unspecified atom stereocenters. The van der Waals surface area contributed by atoms with Gasteiger partial charge >= 0.3 is 0 Å². The zero-order valence-electron chi connectivity index (χ0n) is 23.0. The number of rotatable bonds is 14. The second-order valence-corrected chi connectivity index (χ2v) is 12.0. The maximum Gasteiger partial charge on any atom is 0.264 e. The molecule has 0 saturated heterocycles. The summed E-state index contributed by atoms with van der Waals surface area (Å²) in [6.45, 7) is 5.89. The number of hydrogen-bond donors (Lipinski definition) is 1. The molecule has 2 amide bonds. The number of amides is 2. The molecule has 0 aliphatic heterocycles. The van der Waals surface area contributed by atoms with E-state index in [1.807, 2.05) is 31.2 Å². The number of unbranched alkanes of at least 4 members (excludes halogenated alkanes) is 1. The number of benzene rings is 3. The van der Waals surface area contributed by atoms with Crippen molar-refractivity contribution in [2.75, 3.05) is 24.0 Å². The molecule has 3 rings (SSSR count). The maximum atomic E-state index is 14.0. The summed E-state index contributed by atoms with van der Waals surface area (Å²) in [6.07, 6.45) is 1.73. The van der Waals surface area contributed by atoms with Crippen molar-refractivity contribution in [2.45, 2.75) is 51.1 Å². The van der Waals surface area contributed by atoms with Gasteiger partial charge in [-0.25, -0.2) is 8.42 Å². The fourth-order valence-electron chi connectivity index (χ4n) is 4.12. The first kappa shape index (κ1) is 31.2. The van der Waals surface area contributed by atoms with Crippen LogP contribution in [0.15, 0.2) is 88.2 Å². The number of hydrogen-bond acceptors (Lipinski definition) is 5. The highest BCUT2D eigenvalue weighted by molar-refractivity contribution is 9.10. The number of halogens is 1. The number of para-hydroxylation sites is 2. The van der Waals surface area contributed by atoms with Gasteiger partial charge in [-0.2, -0.15) is 0 Å². The van der Waals surface area contributed by atoms with E-state index in [1.165, 1.54) is 17.0 Å². The summed E-state index contributed by atoms with van der Waals surface area (Å²) >= 11 is 3.46. The first-order chi connectivity index (χ1) is 19.2. The molecule has 3 aromatic carbocycles. The van der Waals surface area contributed by atoms with Gasteiger partial charge in [0.25, 0.3) is 10.0 Å². The van der Waals surface area contributed by atoms with E-state index >= 15 is 0 Å². The van der Waals surface area contributed by atoms with Gasteiger partial charge in [-0.3, -0.25) is 13.9 Å². The number of sulfonamides is 1. The van der Waals surface area contributed by atoms with Crippen molar-refractivity contribution >= 4 is 43.5 Å². The summed E-state index contributed by atoms with van der Waals surface area (Å²) in [5.74, 6) is -0.492. The molecule has 0 spiro atoms. The summed E-state index contributed by atoms with van der Waals surface area (Å²) in [5, 5.41) is 2.89. The number of carbonyl (C=O) groups is 2.